The number of hydrogen-bond donors (Lipinski definition) is 3. The Labute approximate surface area is 138 Å². The molecular formula is C16H26N2O4S. The van der Waals surface area contributed by atoms with Crippen LogP contribution in [0.25, 0.3) is 0 Å². The Balaban J connectivity index is 2.14. The molecule has 1 aromatic carbocycles. The van der Waals surface area contributed by atoms with Gasteiger partial charge in [-0.3, -0.25) is 0 Å². The van der Waals surface area contributed by atoms with E-state index in [0.29, 0.717) is 5.69 Å². The van der Waals surface area contributed by atoms with Gasteiger partial charge in [0.25, 0.3) is 0 Å². The molecule has 0 aliphatic carbocycles. The summed E-state index contributed by atoms with van der Waals surface area (Å²) in [7, 11) is -3.50. The maximum absolute atomic E-state index is 12.9. The molecule has 6 nitrogen and oxygen atoms in total. The molecule has 1 aliphatic heterocycles. The number of aliphatic hydroxyl groups is 2. The molecule has 1 aliphatic rings. The van der Waals surface area contributed by atoms with Crippen LogP contribution in [0.1, 0.15) is 33.1 Å². The predicted molar refractivity (Wildman–Crippen MR) is 89.8 cm³/mol. The SMILES string of the molecule is CC1CCCC(C)N1S(=O)(=O)c1ccc(NCC(O)CO)cc1. The van der Waals surface area contributed by atoms with E-state index in [1.807, 2.05) is 13.8 Å². The fourth-order valence-corrected chi connectivity index (χ4v) is 4.92. The minimum Gasteiger partial charge on any atom is -0.394 e. The molecule has 0 saturated carbocycles. The highest BCUT2D eigenvalue weighted by molar-refractivity contribution is 7.89. The second-order valence-corrected chi connectivity index (χ2v) is 8.05. The van der Waals surface area contributed by atoms with Gasteiger partial charge in [-0.15, -0.1) is 0 Å². The molecule has 0 bridgehead atoms. The van der Waals surface area contributed by atoms with Crippen molar-refractivity contribution in [1.82, 2.24) is 4.31 Å². The van der Waals surface area contributed by atoms with Crippen molar-refractivity contribution in [3.8, 4) is 0 Å². The van der Waals surface area contributed by atoms with Gasteiger partial charge in [0.05, 0.1) is 17.6 Å². The normalized spacial score (nSPS) is 24.3. The molecule has 0 aromatic heterocycles. The Morgan fingerprint density at radius 2 is 1.78 bits per heavy atom. The zero-order valence-corrected chi connectivity index (χ0v) is 14.5. The van der Waals surface area contributed by atoms with E-state index in [1.54, 1.807) is 28.6 Å². The number of hydrogen-bond acceptors (Lipinski definition) is 5. The van der Waals surface area contributed by atoms with E-state index in [9.17, 15) is 13.5 Å². The molecule has 7 heteroatoms. The fraction of sp³-hybridized carbons (Fsp3) is 0.625. The standard InChI is InChI=1S/C16H26N2O4S/c1-12-4-3-5-13(2)18(12)23(21,22)16-8-6-14(7-9-16)17-10-15(20)11-19/h6-9,12-13,15,17,19-20H,3-5,10-11H2,1-2H3. The van der Waals surface area contributed by atoms with Crippen LogP contribution in [0.2, 0.25) is 0 Å². The van der Waals surface area contributed by atoms with E-state index in [0.717, 1.165) is 19.3 Å². The van der Waals surface area contributed by atoms with Gasteiger partial charge in [0.1, 0.15) is 0 Å². The first-order chi connectivity index (χ1) is 10.9. The van der Waals surface area contributed by atoms with Crippen LogP contribution in [0.15, 0.2) is 29.2 Å². The lowest BCUT2D eigenvalue weighted by molar-refractivity contribution is 0.105. The largest absolute Gasteiger partial charge is 0.394 e. The first-order valence-electron chi connectivity index (χ1n) is 8.02. The number of sulfonamides is 1. The summed E-state index contributed by atoms with van der Waals surface area (Å²) in [5.74, 6) is 0. The highest BCUT2D eigenvalue weighted by atomic mass is 32.2. The first-order valence-corrected chi connectivity index (χ1v) is 9.46. The van der Waals surface area contributed by atoms with E-state index in [1.165, 1.54) is 0 Å². The number of anilines is 1. The summed E-state index contributed by atoms with van der Waals surface area (Å²) < 4.78 is 27.3. The zero-order chi connectivity index (χ0) is 17.0. The lowest BCUT2D eigenvalue weighted by Gasteiger charge is -2.37. The quantitative estimate of drug-likeness (QED) is 0.727. The van der Waals surface area contributed by atoms with Gasteiger partial charge >= 0.3 is 0 Å². The van der Waals surface area contributed by atoms with Gasteiger partial charge in [0, 0.05) is 24.3 Å². The van der Waals surface area contributed by atoms with Gasteiger partial charge in [-0.25, -0.2) is 8.42 Å². The van der Waals surface area contributed by atoms with E-state index < -0.39 is 16.1 Å². The molecule has 3 unspecified atom stereocenters. The minimum atomic E-state index is -3.50. The number of aliphatic hydroxyl groups excluding tert-OH is 2. The number of rotatable bonds is 6. The predicted octanol–water partition coefficient (Wildman–Crippen LogP) is 1.40. The maximum atomic E-state index is 12.9. The summed E-state index contributed by atoms with van der Waals surface area (Å²) in [5, 5.41) is 21.1. The van der Waals surface area contributed by atoms with E-state index in [-0.39, 0.29) is 30.1 Å². The minimum absolute atomic E-state index is 0.0150. The van der Waals surface area contributed by atoms with E-state index in [4.69, 9.17) is 5.11 Å². The zero-order valence-electron chi connectivity index (χ0n) is 13.6. The Morgan fingerprint density at radius 1 is 1.22 bits per heavy atom. The highest BCUT2D eigenvalue weighted by Gasteiger charge is 2.35. The lowest BCUT2D eigenvalue weighted by Crippen LogP contribution is -2.47. The van der Waals surface area contributed by atoms with Crippen molar-refractivity contribution in [1.29, 1.82) is 0 Å². The summed E-state index contributed by atoms with van der Waals surface area (Å²) in [6.45, 7) is 3.81. The number of benzene rings is 1. The maximum Gasteiger partial charge on any atom is 0.243 e. The smallest absolute Gasteiger partial charge is 0.243 e. The third-order valence-electron chi connectivity index (χ3n) is 4.29. The summed E-state index contributed by atoms with van der Waals surface area (Å²) in [6, 6.07) is 6.54. The second-order valence-electron chi connectivity index (χ2n) is 6.21. The average molecular weight is 342 g/mol. The summed E-state index contributed by atoms with van der Waals surface area (Å²) in [6.07, 6.45) is 2.00. The molecule has 0 radical (unpaired) electrons. The molecular weight excluding hydrogens is 316 g/mol. The third kappa shape index (κ3) is 4.23. The molecule has 0 spiro atoms. The Morgan fingerprint density at radius 3 is 2.30 bits per heavy atom. The molecule has 0 amide bonds. The second kappa shape index (κ2) is 7.61. The van der Waals surface area contributed by atoms with Crippen LogP contribution in [-0.2, 0) is 10.0 Å². The van der Waals surface area contributed by atoms with Crippen molar-refractivity contribution in [2.24, 2.45) is 0 Å². The van der Waals surface area contributed by atoms with Gasteiger partial charge in [-0.1, -0.05) is 6.42 Å². The van der Waals surface area contributed by atoms with Crippen LogP contribution in [-0.4, -0.2) is 54.3 Å². The summed E-state index contributed by atoms with van der Waals surface area (Å²) >= 11 is 0. The van der Waals surface area contributed by atoms with Crippen LogP contribution < -0.4 is 5.32 Å². The van der Waals surface area contributed by atoms with Crippen molar-refractivity contribution in [3.05, 3.63) is 24.3 Å². The topological polar surface area (TPSA) is 89.9 Å². The Kier molecular flexibility index (Phi) is 6.02. The summed E-state index contributed by atoms with van der Waals surface area (Å²) in [5.41, 5.74) is 0.705. The van der Waals surface area contributed by atoms with Crippen LogP contribution in [0.3, 0.4) is 0 Å². The fourth-order valence-electron chi connectivity index (χ4n) is 3.04. The molecule has 1 aromatic rings. The molecule has 2 rings (SSSR count). The van der Waals surface area contributed by atoms with Crippen LogP contribution >= 0.6 is 0 Å². The van der Waals surface area contributed by atoms with Gasteiger partial charge < -0.3 is 15.5 Å². The van der Waals surface area contributed by atoms with Crippen LogP contribution in [0, 0.1) is 0 Å². The van der Waals surface area contributed by atoms with Crippen molar-refractivity contribution < 1.29 is 18.6 Å². The highest BCUT2D eigenvalue weighted by Crippen LogP contribution is 2.29. The summed E-state index contributed by atoms with van der Waals surface area (Å²) in [4.78, 5) is 0.284. The monoisotopic (exact) mass is 342 g/mol. The molecule has 1 heterocycles. The molecule has 3 N–H and O–H groups in total. The van der Waals surface area contributed by atoms with Gasteiger partial charge in [0.2, 0.25) is 10.0 Å². The van der Waals surface area contributed by atoms with Gasteiger partial charge in [0.15, 0.2) is 0 Å². The van der Waals surface area contributed by atoms with Gasteiger partial charge in [-0.2, -0.15) is 4.31 Å². The molecule has 3 atom stereocenters. The number of nitrogens with zero attached hydrogens (tertiary/aromatic N) is 1. The Hall–Kier alpha value is -1.15. The molecule has 1 saturated heterocycles. The van der Waals surface area contributed by atoms with E-state index >= 15 is 0 Å². The average Bonchev–Trinajstić information content (AvgIpc) is 2.52. The van der Waals surface area contributed by atoms with Crippen LogP contribution in [0.5, 0.6) is 0 Å². The Bertz CT molecular complexity index is 593. The third-order valence-corrected chi connectivity index (χ3v) is 6.44. The number of nitrogens with one attached hydrogen (secondary N) is 1. The molecule has 130 valence electrons. The first kappa shape index (κ1) is 18.2. The van der Waals surface area contributed by atoms with Crippen molar-refractivity contribution in [3.63, 3.8) is 0 Å². The van der Waals surface area contributed by atoms with Crippen molar-refractivity contribution >= 4 is 15.7 Å². The number of piperidine rings is 1. The lowest BCUT2D eigenvalue weighted by atomic mass is 10.0. The molecule has 1 fully saturated rings. The molecule has 23 heavy (non-hydrogen) atoms. The van der Waals surface area contributed by atoms with Crippen molar-refractivity contribution in [2.45, 2.75) is 56.2 Å². The van der Waals surface area contributed by atoms with E-state index in [2.05, 4.69) is 5.32 Å². The van der Waals surface area contributed by atoms with Gasteiger partial charge in [-0.05, 0) is 51.0 Å². The van der Waals surface area contributed by atoms with Crippen molar-refractivity contribution in [2.75, 3.05) is 18.5 Å². The van der Waals surface area contributed by atoms with Crippen LogP contribution in [0.4, 0.5) is 5.69 Å².